The molecule has 0 radical (unpaired) electrons. The van der Waals surface area contributed by atoms with Crippen molar-refractivity contribution >= 4 is 12.8 Å². The van der Waals surface area contributed by atoms with Gasteiger partial charge in [0, 0.05) is 0 Å². The Hall–Kier alpha value is -1.46. The Labute approximate surface area is 96.3 Å². The van der Waals surface area contributed by atoms with Gasteiger partial charge in [0.05, 0.1) is 11.1 Å². The molecule has 0 spiro atoms. The van der Waals surface area contributed by atoms with E-state index in [1.54, 1.807) is 0 Å². The maximum absolute atomic E-state index is 10.8. The van der Waals surface area contributed by atoms with Crippen LogP contribution in [0.15, 0.2) is 10.4 Å². The van der Waals surface area contributed by atoms with Crippen LogP contribution in [0, 0.1) is 0 Å². The molecule has 2 amide bonds. The molecule has 0 heterocycles. The molecule has 0 saturated carbocycles. The third kappa shape index (κ3) is 4.37. The molecule has 0 aromatic carbocycles. The van der Waals surface area contributed by atoms with Gasteiger partial charge in [0.15, 0.2) is 0 Å². The molecule has 92 valence electrons. The quantitative estimate of drug-likeness (QED) is 0.418. The first-order chi connectivity index (χ1) is 7.12. The number of hydrogen-bond acceptors (Lipinski definition) is 4. The number of amides is 2. The average Bonchev–Trinajstić information content (AvgIpc) is 2.08. The van der Waals surface area contributed by atoms with Gasteiger partial charge in [-0.25, -0.2) is 10.0 Å². The van der Waals surface area contributed by atoms with Gasteiger partial charge in [-0.2, -0.15) is 0 Å². The lowest BCUT2D eigenvalue weighted by atomic mass is 10.1. The van der Waals surface area contributed by atoms with Gasteiger partial charge in [0.1, 0.15) is 0 Å². The van der Waals surface area contributed by atoms with E-state index >= 15 is 0 Å². The van der Waals surface area contributed by atoms with Gasteiger partial charge in [-0.1, -0.05) is 0 Å². The molecule has 0 aromatic heterocycles. The van der Waals surface area contributed by atoms with Gasteiger partial charge in [0.25, 0.3) is 0 Å². The molecule has 16 heavy (non-hydrogen) atoms. The monoisotopic (exact) mass is 228 g/mol. The van der Waals surface area contributed by atoms with Gasteiger partial charge in [-0.3, -0.25) is 9.59 Å². The summed E-state index contributed by atoms with van der Waals surface area (Å²) in [5.74, 6) is 0. The Morgan fingerprint density at radius 1 is 0.750 bits per heavy atom. The highest BCUT2D eigenvalue weighted by Gasteiger charge is 2.22. The molecular weight excluding hydrogens is 208 g/mol. The molecule has 0 unspecified atom stereocenters. The topological polar surface area (TPSA) is 65.3 Å². The predicted molar refractivity (Wildman–Crippen MR) is 60.2 cm³/mol. The first-order valence-corrected chi connectivity index (χ1v) is 5.04. The number of rotatable bonds is 4. The summed E-state index contributed by atoms with van der Waals surface area (Å²) < 4.78 is 0. The lowest BCUT2D eigenvalue weighted by Crippen LogP contribution is -2.39. The highest BCUT2D eigenvalue weighted by Crippen LogP contribution is 2.15. The first-order valence-electron chi connectivity index (χ1n) is 5.04. The molecule has 0 rings (SSSR count). The van der Waals surface area contributed by atoms with E-state index in [1.165, 1.54) is 0 Å². The summed E-state index contributed by atoms with van der Waals surface area (Å²) in [5.41, 5.74) is -0.921. The summed E-state index contributed by atoms with van der Waals surface area (Å²) in [7, 11) is 0. The lowest BCUT2D eigenvalue weighted by molar-refractivity contribution is -0.127. The van der Waals surface area contributed by atoms with Crippen molar-refractivity contribution in [2.75, 3.05) is 0 Å². The minimum atomic E-state index is -0.461. The van der Waals surface area contributed by atoms with Crippen LogP contribution in [0.25, 0.3) is 0 Å². The number of carbonyl (C=O) groups excluding carboxylic acids is 2. The Morgan fingerprint density at radius 3 is 1.12 bits per heavy atom. The maximum Gasteiger partial charge on any atom is 0.231 e. The molecule has 0 aromatic rings. The van der Waals surface area contributed by atoms with Crippen molar-refractivity contribution in [1.82, 2.24) is 10.0 Å². The predicted octanol–water partition coefficient (Wildman–Crippen LogP) is 1.78. The van der Waals surface area contributed by atoms with Crippen LogP contribution >= 0.6 is 0 Å². The second kappa shape index (κ2) is 5.05. The van der Waals surface area contributed by atoms with Crippen molar-refractivity contribution in [2.45, 2.75) is 52.6 Å². The lowest BCUT2D eigenvalue weighted by Gasteiger charge is -2.29. The smallest absolute Gasteiger partial charge is 0.231 e. The first kappa shape index (κ1) is 14.5. The minimum Gasteiger partial charge on any atom is -0.277 e. The van der Waals surface area contributed by atoms with Crippen LogP contribution in [0.1, 0.15) is 41.5 Å². The largest absolute Gasteiger partial charge is 0.277 e. The van der Waals surface area contributed by atoms with Crippen molar-refractivity contribution < 1.29 is 9.59 Å². The molecule has 0 aliphatic rings. The number of carbonyl (C=O) groups is 2. The zero-order chi connectivity index (χ0) is 13.0. The average molecular weight is 228 g/mol. The van der Waals surface area contributed by atoms with Crippen LogP contribution in [0.3, 0.4) is 0 Å². The van der Waals surface area contributed by atoms with Crippen LogP contribution in [-0.4, -0.2) is 33.9 Å². The van der Waals surface area contributed by atoms with Crippen LogP contribution in [0.2, 0.25) is 0 Å². The summed E-state index contributed by atoms with van der Waals surface area (Å²) in [6.45, 7) is 10.9. The van der Waals surface area contributed by atoms with Crippen LogP contribution in [0.4, 0.5) is 0 Å². The standard InChI is InChI=1S/C10H20N4O2/c1-9(2,3)13(7-15)11-12-14(8-16)10(4,5)6/h7-8H,1-6H3/b12-11+. The van der Waals surface area contributed by atoms with Crippen LogP contribution in [0.5, 0.6) is 0 Å². The van der Waals surface area contributed by atoms with Crippen LogP contribution < -0.4 is 0 Å². The highest BCUT2D eigenvalue weighted by molar-refractivity contribution is 5.48. The summed E-state index contributed by atoms with van der Waals surface area (Å²) >= 11 is 0. The molecule has 6 nitrogen and oxygen atoms in total. The minimum absolute atomic E-state index is 0.461. The van der Waals surface area contributed by atoms with Crippen LogP contribution in [-0.2, 0) is 9.59 Å². The third-order valence-electron chi connectivity index (χ3n) is 1.81. The van der Waals surface area contributed by atoms with Gasteiger partial charge in [-0.15, -0.1) is 0 Å². The summed E-state index contributed by atoms with van der Waals surface area (Å²) in [4.78, 5) is 21.5. The summed E-state index contributed by atoms with van der Waals surface area (Å²) in [5, 5.41) is 9.80. The molecular formula is C10H20N4O2. The van der Waals surface area contributed by atoms with E-state index in [4.69, 9.17) is 0 Å². The SMILES string of the molecule is CC(C)(C)N(C=O)/N=N/N(C=O)C(C)(C)C. The molecule has 0 bridgehead atoms. The zero-order valence-electron chi connectivity index (χ0n) is 10.8. The van der Waals surface area contributed by atoms with Crippen molar-refractivity contribution in [1.29, 1.82) is 0 Å². The fourth-order valence-corrected chi connectivity index (χ4v) is 0.713. The van der Waals surface area contributed by atoms with Gasteiger partial charge < -0.3 is 0 Å². The van der Waals surface area contributed by atoms with Gasteiger partial charge in [0.2, 0.25) is 12.8 Å². The van der Waals surface area contributed by atoms with E-state index in [-0.39, 0.29) is 0 Å². The van der Waals surface area contributed by atoms with E-state index in [0.717, 1.165) is 10.0 Å². The van der Waals surface area contributed by atoms with E-state index in [1.807, 2.05) is 41.5 Å². The maximum atomic E-state index is 10.8. The van der Waals surface area contributed by atoms with Gasteiger partial charge >= 0.3 is 0 Å². The highest BCUT2D eigenvalue weighted by atomic mass is 16.2. The summed E-state index contributed by atoms with van der Waals surface area (Å²) in [6.07, 6.45) is 1.16. The second-order valence-electron chi connectivity index (χ2n) is 5.42. The molecule has 0 atom stereocenters. The Balaban J connectivity index is 4.80. The van der Waals surface area contributed by atoms with E-state index in [2.05, 4.69) is 10.4 Å². The zero-order valence-corrected chi connectivity index (χ0v) is 10.8. The Bertz CT molecular complexity index is 248. The van der Waals surface area contributed by atoms with E-state index < -0.39 is 11.1 Å². The summed E-state index contributed by atoms with van der Waals surface area (Å²) in [6, 6.07) is 0. The Morgan fingerprint density at radius 2 is 1.00 bits per heavy atom. The van der Waals surface area contributed by atoms with Crippen molar-refractivity contribution in [3.05, 3.63) is 0 Å². The number of nitrogens with zero attached hydrogens (tertiary/aromatic N) is 4. The van der Waals surface area contributed by atoms with Crippen molar-refractivity contribution in [2.24, 2.45) is 10.4 Å². The van der Waals surface area contributed by atoms with Crippen molar-refractivity contribution in [3.63, 3.8) is 0 Å². The molecule has 0 aliphatic carbocycles. The van der Waals surface area contributed by atoms with Crippen molar-refractivity contribution in [3.8, 4) is 0 Å². The number of hydrogen-bond donors (Lipinski definition) is 0. The molecule has 0 aliphatic heterocycles. The van der Waals surface area contributed by atoms with Gasteiger partial charge in [-0.05, 0) is 52.0 Å². The van der Waals surface area contributed by atoms with E-state index in [9.17, 15) is 9.59 Å². The molecule has 6 heteroatoms. The third-order valence-corrected chi connectivity index (χ3v) is 1.81. The molecule has 0 N–H and O–H groups in total. The normalized spacial score (nSPS) is 12.6. The fraction of sp³-hybridized carbons (Fsp3) is 0.800. The second-order valence-corrected chi connectivity index (χ2v) is 5.42. The fourth-order valence-electron chi connectivity index (χ4n) is 0.713. The van der Waals surface area contributed by atoms with E-state index in [0.29, 0.717) is 12.8 Å². The molecule has 0 saturated heterocycles. The molecule has 0 fully saturated rings. The Kier molecular flexibility index (Phi) is 4.59.